The van der Waals surface area contributed by atoms with Crippen molar-refractivity contribution in [3.8, 4) is 0 Å². The highest BCUT2D eigenvalue weighted by molar-refractivity contribution is 6.09. The van der Waals surface area contributed by atoms with E-state index in [9.17, 15) is 14.4 Å². The van der Waals surface area contributed by atoms with E-state index < -0.39 is 36.0 Å². The molecule has 1 fully saturated rings. The molecular weight excluding hydrogens is 462 g/mol. The molecule has 10 nitrogen and oxygen atoms in total. The fraction of sp³-hybridized carbons (Fsp3) is 0.192. The maximum atomic E-state index is 13.5. The maximum absolute atomic E-state index is 13.5. The largest absolute Gasteiger partial charge is 0.467 e. The van der Waals surface area contributed by atoms with Crippen LogP contribution >= 0.6 is 0 Å². The fourth-order valence-corrected chi connectivity index (χ4v) is 4.60. The van der Waals surface area contributed by atoms with Crippen molar-refractivity contribution in [1.82, 2.24) is 20.2 Å². The average molecular weight is 483 g/mol. The summed E-state index contributed by atoms with van der Waals surface area (Å²) in [5.41, 5.74) is 0.296. The quantitative estimate of drug-likeness (QED) is 0.433. The Kier molecular flexibility index (Phi) is 4.96. The molecule has 1 N–H and O–H groups in total. The average Bonchev–Trinajstić information content (AvgIpc) is 3.67. The maximum Gasteiger partial charge on any atom is 0.325 e. The van der Waals surface area contributed by atoms with E-state index in [2.05, 4.69) is 15.4 Å². The molecule has 0 saturated carbocycles. The lowest BCUT2D eigenvalue weighted by Crippen LogP contribution is -2.43. The van der Waals surface area contributed by atoms with E-state index in [1.807, 2.05) is 30.3 Å². The fourth-order valence-electron chi connectivity index (χ4n) is 4.60. The number of furan rings is 2. The van der Waals surface area contributed by atoms with Crippen molar-refractivity contribution in [2.75, 3.05) is 6.54 Å². The summed E-state index contributed by atoms with van der Waals surface area (Å²) < 4.78 is 11.5. The number of rotatable bonds is 5. The third kappa shape index (κ3) is 3.46. The number of carbonyl (C=O) groups is 3. The van der Waals surface area contributed by atoms with Crippen LogP contribution in [0.25, 0.3) is 11.0 Å². The second-order valence-electron chi connectivity index (χ2n) is 8.83. The van der Waals surface area contributed by atoms with Gasteiger partial charge in [-0.15, -0.1) is 0 Å². The number of benzene rings is 1. The molecule has 2 aliphatic rings. The van der Waals surface area contributed by atoms with E-state index in [0.29, 0.717) is 34.9 Å². The summed E-state index contributed by atoms with van der Waals surface area (Å²) in [5.74, 6) is -0.0134. The predicted octanol–water partition coefficient (Wildman–Crippen LogP) is 3.57. The SMILES string of the molecule is C[C@@]1(c2ccccn2)NC(=O)N(CC(=O)N2N=C(c3cc4ccccc4o3)C[C@H]2c2ccco2)C1=O. The van der Waals surface area contributed by atoms with Crippen LogP contribution in [0.2, 0.25) is 0 Å². The standard InChI is InChI=1S/C26H21N5O5/c1-26(22-10-4-5-11-27-22)24(33)30(25(34)28-26)15-23(32)31-18(20-9-6-12-35-20)14-17(29-31)21-13-16-7-2-3-8-19(16)36-21/h2-13,18H,14-15H2,1H3,(H,28,34)/t18-,26-/m0/s1. The summed E-state index contributed by atoms with van der Waals surface area (Å²) in [7, 11) is 0. The molecule has 0 bridgehead atoms. The molecule has 10 heteroatoms. The van der Waals surface area contributed by atoms with Crippen LogP contribution in [0.4, 0.5) is 4.79 Å². The van der Waals surface area contributed by atoms with E-state index in [4.69, 9.17) is 8.83 Å². The van der Waals surface area contributed by atoms with Crippen LogP contribution in [0, 0.1) is 0 Å². The van der Waals surface area contributed by atoms with Crippen LogP contribution in [0.3, 0.4) is 0 Å². The molecular formula is C26H21N5O5. The molecule has 2 aliphatic heterocycles. The van der Waals surface area contributed by atoms with Gasteiger partial charge >= 0.3 is 6.03 Å². The minimum Gasteiger partial charge on any atom is -0.467 e. The third-order valence-electron chi connectivity index (χ3n) is 6.49. The molecule has 2 atom stereocenters. The number of fused-ring (bicyclic) bond motifs is 1. The van der Waals surface area contributed by atoms with E-state index >= 15 is 0 Å². The number of carbonyl (C=O) groups excluding carboxylic acids is 3. The van der Waals surface area contributed by atoms with Gasteiger partial charge in [0.15, 0.2) is 11.3 Å². The van der Waals surface area contributed by atoms with Gasteiger partial charge in [0.2, 0.25) is 0 Å². The van der Waals surface area contributed by atoms with Crippen molar-refractivity contribution in [1.29, 1.82) is 0 Å². The van der Waals surface area contributed by atoms with Crippen LogP contribution in [-0.2, 0) is 15.1 Å². The lowest BCUT2D eigenvalue weighted by molar-refractivity contribution is -0.140. The molecule has 0 radical (unpaired) electrons. The van der Waals surface area contributed by atoms with E-state index in [1.165, 1.54) is 11.3 Å². The molecule has 3 aromatic heterocycles. The van der Waals surface area contributed by atoms with Crippen molar-refractivity contribution in [2.45, 2.75) is 24.9 Å². The molecule has 5 heterocycles. The second kappa shape index (κ2) is 8.19. The van der Waals surface area contributed by atoms with E-state index in [-0.39, 0.29) is 0 Å². The van der Waals surface area contributed by atoms with Crippen molar-refractivity contribution in [2.24, 2.45) is 5.10 Å². The van der Waals surface area contributed by atoms with Crippen LogP contribution in [0.1, 0.15) is 36.6 Å². The number of nitrogens with one attached hydrogen (secondary N) is 1. The summed E-state index contributed by atoms with van der Waals surface area (Å²) in [6.07, 6.45) is 3.41. The number of imide groups is 1. The molecule has 0 unspecified atom stereocenters. The number of hydrogen-bond donors (Lipinski definition) is 1. The van der Waals surface area contributed by atoms with Crippen molar-refractivity contribution < 1.29 is 23.2 Å². The van der Waals surface area contributed by atoms with Gasteiger partial charge < -0.3 is 14.2 Å². The first-order valence-electron chi connectivity index (χ1n) is 11.4. The van der Waals surface area contributed by atoms with Gasteiger partial charge in [-0.05, 0) is 43.3 Å². The Morgan fingerprint density at radius 2 is 1.97 bits per heavy atom. The molecule has 0 spiro atoms. The lowest BCUT2D eigenvalue weighted by Gasteiger charge is -2.23. The van der Waals surface area contributed by atoms with Gasteiger partial charge in [-0.3, -0.25) is 19.5 Å². The van der Waals surface area contributed by atoms with Crippen molar-refractivity contribution in [3.63, 3.8) is 0 Å². The monoisotopic (exact) mass is 483 g/mol. The zero-order valence-electron chi connectivity index (χ0n) is 19.2. The summed E-state index contributed by atoms with van der Waals surface area (Å²) in [6.45, 7) is 1.08. The van der Waals surface area contributed by atoms with E-state index in [1.54, 1.807) is 43.5 Å². The van der Waals surface area contributed by atoms with Gasteiger partial charge in [0.05, 0.1) is 12.0 Å². The first kappa shape index (κ1) is 21.8. The van der Waals surface area contributed by atoms with Gasteiger partial charge in [-0.2, -0.15) is 5.10 Å². The van der Waals surface area contributed by atoms with Crippen LogP contribution in [0.15, 0.2) is 87.1 Å². The number of hydrazone groups is 1. The van der Waals surface area contributed by atoms with Gasteiger partial charge in [0, 0.05) is 18.0 Å². The van der Waals surface area contributed by atoms with Crippen LogP contribution in [0.5, 0.6) is 0 Å². The summed E-state index contributed by atoms with van der Waals surface area (Å²) in [6, 6.07) is 16.8. The number of para-hydroxylation sites is 1. The second-order valence-corrected chi connectivity index (χ2v) is 8.83. The molecule has 6 rings (SSSR count). The highest BCUT2D eigenvalue weighted by Crippen LogP contribution is 2.35. The molecule has 0 aliphatic carbocycles. The first-order valence-corrected chi connectivity index (χ1v) is 11.4. The van der Waals surface area contributed by atoms with Gasteiger partial charge in [0.25, 0.3) is 11.8 Å². The third-order valence-corrected chi connectivity index (χ3v) is 6.49. The summed E-state index contributed by atoms with van der Waals surface area (Å²) in [5, 5.41) is 9.39. The predicted molar refractivity (Wildman–Crippen MR) is 127 cm³/mol. The Labute approximate surface area is 205 Å². The number of urea groups is 1. The van der Waals surface area contributed by atoms with Crippen LogP contribution < -0.4 is 5.32 Å². The van der Waals surface area contributed by atoms with Crippen molar-refractivity contribution >= 4 is 34.5 Å². The topological polar surface area (TPSA) is 121 Å². The summed E-state index contributed by atoms with van der Waals surface area (Å²) >= 11 is 0. The zero-order chi connectivity index (χ0) is 24.9. The lowest BCUT2D eigenvalue weighted by atomic mass is 9.97. The Bertz CT molecular complexity index is 1480. The first-order chi connectivity index (χ1) is 17.4. The molecule has 4 aromatic rings. The molecule has 4 amide bonds. The molecule has 1 saturated heterocycles. The Balaban J connectivity index is 1.29. The number of aromatic nitrogens is 1. The van der Waals surface area contributed by atoms with Gasteiger partial charge in [-0.25, -0.2) is 9.80 Å². The number of nitrogens with zero attached hydrogens (tertiary/aromatic N) is 4. The molecule has 36 heavy (non-hydrogen) atoms. The Morgan fingerprint density at radius 1 is 1.14 bits per heavy atom. The van der Waals surface area contributed by atoms with Gasteiger partial charge in [-0.1, -0.05) is 24.3 Å². The number of hydrogen-bond acceptors (Lipinski definition) is 7. The Hall–Kier alpha value is -4.73. The summed E-state index contributed by atoms with van der Waals surface area (Å²) in [4.78, 5) is 44.6. The van der Waals surface area contributed by atoms with Crippen LogP contribution in [-0.4, -0.2) is 45.0 Å². The van der Waals surface area contributed by atoms with Gasteiger partial charge in [0.1, 0.15) is 29.6 Å². The number of pyridine rings is 1. The van der Waals surface area contributed by atoms with Crippen molar-refractivity contribution in [3.05, 3.63) is 90.3 Å². The highest BCUT2D eigenvalue weighted by Gasteiger charge is 2.51. The Morgan fingerprint density at radius 3 is 2.72 bits per heavy atom. The molecule has 180 valence electrons. The minimum atomic E-state index is -1.37. The zero-order valence-corrected chi connectivity index (χ0v) is 19.2. The smallest absolute Gasteiger partial charge is 0.325 e. The minimum absolute atomic E-state index is 0.352. The number of amides is 4. The van der Waals surface area contributed by atoms with E-state index in [0.717, 1.165) is 10.3 Å². The molecule has 1 aromatic carbocycles. The normalized spacial score (nSPS) is 21.8. The highest BCUT2D eigenvalue weighted by atomic mass is 16.3.